The van der Waals surface area contributed by atoms with Crippen LogP contribution in [0.2, 0.25) is 0 Å². The summed E-state index contributed by atoms with van der Waals surface area (Å²) in [7, 11) is 0. The molecule has 112 valence electrons. The van der Waals surface area contributed by atoms with E-state index in [2.05, 4.69) is 0 Å². The van der Waals surface area contributed by atoms with Crippen molar-refractivity contribution in [3.63, 3.8) is 0 Å². The lowest BCUT2D eigenvalue weighted by molar-refractivity contribution is -0.151. The molecule has 21 heavy (non-hydrogen) atoms. The molecule has 0 radical (unpaired) electrons. The van der Waals surface area contributed by atoms with Crippen molar-refractivity contribution < 1.29 is 18.7 Å². The molecule has 4 nitrogen and oxygen atoms in total. The fraction of sp³-hybridized carbons (Fsp3) is 0.375. The van der Waals surface area contributed by atoms with Crippen molar-refractivity contribution >= 4 is 18.0 Å². The molecule has 1 aliphatic rings. The molecule has 1 aromatic rings. The highest BCUT2D eigenvalue weighted by Gasteiger charge is 2.33. The zero-order valence-electron chi connectivity index (χ0n) is 11.9. The van der Waals surface area contributed by atoms with Crippen molar-refractivity contribution in [3.05, 3.63) is 41.7 Å². The number of ether oxygens (including phenoxy) is 1. The van der Waals surface area contributed by atoms with E-state index in [4.69, 9.17) is 4.74 Å². The second-order valence-corrected chi connectivity index (χ2v) is 4.83. The summed E-state index contributed by atoms with van der Waals surface area (Å²) in [6.07, 6.45) is 4.45. The molecule has 1 saturated heterocycles. The zero-order chi connectivity index (χ0) is 15.2. The van der Waals surface area contributed by atoms with E-state index in [9.17, 15) is 14.0 Å². The Morgan fingerprint density at radius 2 is 2.10 bits per heavy atom. The molecule has 1 aromatic carbocycles. The van der Waals surface area contributed by atoms with Crippen LogP contribution in [0.15, 0.2) is 30.3 Å². The van der Waals surface area contributed by atoms with Gasteiger partial charge in [-0.3, -0.25) is 4.79 Å². The molecule has 0 aromatic heterocycles. The van der Waals surface area contributed by atoms with Crippen LogP contribution in [0.4, 0.5) is 4.39 Å². The van der Waals surface area contributed by atoms with Crippen molar-refractivity contribution in [1.29, 1.82) is 0 Å². The molecule has 0 N–H and O–H groups in total. The van der Waals surface area contributed by atoms with Gasteiger partial charge in [0.2, 0.25) is 5.91 Å². The molecule has 0 spiro atoms. The van der Waals surface area contributed by atoms with Gasteiger partial charge in [0, 0.05) is 12.6 Å². The van der Waals surface area contributed by atoms with Crippen LogP contribution in [0.1, 0.15) is 25.3 Å². The minimum atomic E-state index is -0.490. The van der Waals surface area contributed by atoms with Gasteiger partial charge < -0.3 is 9.64 Å². The van der Waals surface area contributed by atoms with Gasteiger partial charge in [0.05, 0.1) is 6.61 Å². The summed E-state index contributed by atoms with van der Waals surface area (Å²) in [5.41, 5.74) is 0.733. The number of amides is 1. The first-order valence-electron chi connectivity index (χ1n) is 7.02. The summed E-state index contributed by atoms with van der Waals surface area (Å²) in [6, 6.07) is 5.36. The van der Waals surface area contributed by atoms with Gasteiger partial charge in [-0.2, -0.15) is 0 Å². The summed E-state index contributed by atoms with van der Waals surface area (Å²) in [6.45, 7) is 2.60. The molecule has 1 fully saturated rings. The number of nitrogens with zero attached hydrogens (tertiary/aromatic N) is 1. The van der Waals surface area contributed by atoms with Crippen molar-refractivity contribution in [1.82, 2.24) is 4.90 Å². The number of hydrogen-bond donors (Lipinski definition) is 0. The van der Waals surface area contributed by atoms with Gasteiger partial charge in [-0.1, -0.05) is 12.1 Å². The van der Waals surface area contributed by atoms with Gasteiger partial charge in [-0.25, -0.2) is 9.18 Å². The monoisotopic (exact) mass is 291 g/mol. The van der Waals surface area contributed by atoms with Crippen LogP contribution in [0, 0.1) is 5.82 Å². The van der Waals surface area contributed by atoms with Crippen molar-refractivity contribution in [2.24, 2.45) is 0 Å². The van der Waals surface area contributed by atoms with E-state index in [1.807, 2.05) is 0 Å². The first-order valence-corrected chi connectivity index (χ1v) is 7.02. The van der Waals surface area contributed by atoms with Gasteiger partial charge in [0.1, 0.15) is 11.9 Å². The van der Waals surface area contributed by atoms with Crippen LogP contribution in [-0.2, 0) is 14.3 Å². The number of esters is 1. The van der Waals surface area contributed by atoms with Crippen LogP contribution in [0.25, 0.3) is 6.08 Å². The Labute approximate surface area is 123 Å². The van der Waals surface area contributed by atoms with Crippen LogP contribution in [0.5, 0.6) is 0 Å². The molecule has 1 atom stereocenters. The normalized spacial score (nSPS) is 18.2. The van der Waals surface area contributed by atoms with E-state index in [1.165, 1.54) is 23.1 Å². The highest BCUT2D eigenvalue weighted by atomic mass is 19.1. The second-order valence-electron chi connectivity index (χ2n) is 4.83. The number of halogens is 1. The molecule has 1 unspecified atom stereocenters. The van der Waals surface area contributed by atoms with Crippen LogP contribution < -0.4 is 0 Å². The molecular weight excluding hydrogens is 273 g/mol. The van der Waals surface area contributed by atoms with Gasteiger partial charge in [0.15, 0.2) is 0 Å². The van der Waals surface area contributed by atoms with Gasteiger partial charge >= 0.3 is 5.97 Å². The van der Waals surface area contributed by atoms with E-state index in [1.54, 1.807) is 25.1 Å². The molecule has 2 rings (SSSR count). The smallest absolute Gasteiger partial charge is 0.328 e. The Morgan fingerprint density at radius 1 is 1.38 bits per heavy atom. The van der Waals surface area contributed by atoms with E-state index in [0.717, 1.165) is 12.0 Å². The summed E-state index contributed by atoms with van der Waals surface area (Å²) >= 11 is 0. The topological polar surface area (TPSA) is 46.6 Å². The Hall–Kier alpha value is -2.17. The fourth-order valence-electron chi connectivity index (χ4n) is 2.35. The molecule has 0 aliphatic carbocycles. The molecule has 1 heterocycles. The number of likely N-dealkylation sites (tertiary alicyclic amines) is 1. The summed E-state index contributed by atoms with van der Waals surface area (Å²) in [5, 5.41) is 0. The largest absolute Gasteiger partial charge is 0.464 e. The average Bonchev–Trinajstić information content (AvgIpc) is 2.96. The number of carbonyl (C=O) groups is 2. The van der Waals surface area contributed by atoms with Crippen molar-refractivity contribution in [3.8, 4) is 0 Å². The molecule has 1 amide bonds. The van der Waals surface area contributed by atoms with E-state index in [0.29, 0.717) is 19.6 Å². The van der Waals surface area contributed by atoms with Crippen LogP contribution in [0.3, 0.4) is 0 Å². The lowest BCUT2D eigenvalue weighted by Crippen LogP contribution is -2.40. The summed E-state index contributed by atoms with van der Waals surface area (Å²) < 4.78 is 17.8. The third-order valence-corrected chi connectivity index (χ3v) is 3.38. The quantitative estimate of drug-likeness (QED) is 0.632. The van der Waals surface area contributed by atoms with E-state index in [-0.39, 0.29) is 17.7 Å². The van der Waals surface area contributed by atoms with Gasteiger partial charge in [0.25, 0.3) is 0 Å². The Kier molecular flexibility index (Phi) is 5.09. The molecule has 5 heteroatoms. The zero-order valence-corrected chi connectivity index (χ0v) is 11.9. The van der Waals surface area contributed by atoms with Gasteiger partial charge in [-0.15, -0.1) is 0 Å². The lowest BCUT2D eigenvalue weighted by atomic mass is 10.2. The standard InChI is InChI=1S/C16H18FNO3/c1-2-21-16(20)14-4-3-11-18(14)15(19)10-7-12-5-8-13(17)9-6-12/h5-10,14H,2-4,11H2,1H3. The second kappa shape index (κ2) is 7.02. The summed E-state index contributed by atoms with van der Waals surface area (Å²) in [4.78, 5) is 25.5. The fourth-order valence-corrected chi connectivity index (χ4v) is 2.35. The molecule has 0 bridgehead atoms. The third kappa shape index (κ3) is 3.90. The number of carbonyl (C=O) groups excluding carboxylic acids is 2. The Morgan fingerprint density at radius 3 is 2.76 bits per heavy atom. The molecule has 0 saturated carbocycles. The van der Waals surface area contributed by atoms with Crippen LogP contribution in [-0.4, -0.2) is 36.0 Å². The number of benzene rings is 1. The number of rotatable bonds is 4. The molecule has 1 aliphatic heterocycles. The number of hydrogen-bond acceptors (Lipinski definition) is 3. The minimum absolute atomic E-state index is 0.227. The summed E-state index contributed by atoms with van der Waals surface area (Å²) in [5.74, 6) is -0.895. The van der Waals surface area contributed by atoms with Crippen molar-refractivity contribution in [2.75, 3.05) is 13.2 Å². The lowest BCUT2D eigenvalue weighted by Gasteiger charge is -2.21. The van der Waals surface area contributed by atoms with E-state index < -0.39 is 6.04 Å². The molecular formula is C16H18FNO3. The highest BCUT2D eigenvalue weighted by Crippen LogP contribution is 2.19. The maximum absolute atomic E-state index is 12.8. The average molecular weight is 291 g/mol. The van der Waals surface area contributed by atoms with Crippen molar-refractivity contribution in [2.45, 2.75) is 25.8 Å². The predicted octanol–water partition coefficient (Wildman–Crippen LogP) is 2.39. The first kappa shape index (κ1) is 15.2. The Bertz CT molecular complexity index is 539. The minimum Gasteiger partial charge on any atom is -0.464 e. The first-order chi connectivity index (χ1) is 10.1. The maximum atomic E-state index is 12.8. The third-order valence-electron chi connectivity index (χ3n) is 3.38. The SMILES string of the molecule is CCOC(=O)C1CCCN1C(=O)C=Cc1ccc(F)cc1. The Balaban J connectivity index is 2.01. The highest BCUT2D eigenvalue weighted by molar-refractivity contribution is 5.95. The van der Waals surface area contributed by atoms with Gasteiger partial charge in [-0.05, 0) is 43.5 Å². The predicted molar refractivity (Wildman–Crippen MR) is 76.8 cm³/mol. The maximum Gasteiger partial charge on any atom is 0.328 e. The van der Waals surface area contributed by atoms with Crippen LogP contribution >= 0.6 is 0 Å². The van der Waals surface area contributed by atoms with E-state index >= 15 is 0 Å².